The first-order valence-corrected chi connectivity index (χ1v) is 3.66. The summed E-state index contributed by atoms with van der Waals surface area (Å²) < 4.78 is 0. The summed E-state index contributed by atoms with van der Waals surface area (Å²) in [5.74, 6) is -0.0134. The molecule has 0 fully saturated rings. The number of anilines is 1. The molecule has 0 amide bonds. The van der Waals surface area contributed by atoms with Gasteiger partial charge in [0.2, 0.25) is 0 Å². The number of nitrogens with two attached hydrogens (primary N) is 1. The lowest BCUT2D eigenvalue weighted by molar-refractivity contribution is 1.17. The van der Waals surface area contributed by atoms with Crippen LogP contribution in [-0.4, -0.2) is 4.98 Å². The molecule has 0 aliphatic carbocycles. The minimum absolute atomic E-state index is 0.000000000000000444. The molecule has 1 heterocycles. The standard InChI is InChI=1S/C9H5N5/c1-5-6(2-10)7(3-11)8(4-12)9(13)14-5/h1H3,(H2,13,14). The van der Waals surface area contributed by atoms with E-state index in [0.29, 0.717) is 5.69 Å². The Bertz CT molecular complexity index is 472. The van der Waals surface area contributed by atoms with Crippen molar-refractivity contribution in [1.82, 2.24) is 4.98 Å². The third-order valence-corrected chi connectivity index (χ3v) is 1.74. The third-order valence-electron chi connectivity index (χ3n) is 1.74. The van der Waals surface area contributed by atoms with Gasteiger partial charge >= 0.3 is 0 Å². The van der Waals surface area contributed by atoms with Gasteiger partial charge in [-0.25, -0.2) is 4.98 Å². The Balaban J connectivity index is 3.76. The maximum atomic E-state index is 8.77. The molecule has 66 valence electrons. The van der Waals surface area contributed by atoms with Crippen molar-refractivity contribution < 1.29 is 0 Å². The number of nitriles is 3. The van der Waals surface area contributed by atoms with Crippen LogP contribution in [0.25, 0.3) is 0 Å². The smallest absolute Gasteiger partial charge is 0.143 e. The van der Waals surface area contributed by atoms with Crippen LogP contribution in [0, 0.1) is 40.9 Å². The second-order valence-electron chi connectivity index (χ2n) is 2.54. The highest BCUT2D eigenvalue weighted by molar-refractivity contribution is 5.64. The zero-order valence-corrected chi connectivity index (χ0v) is 7.37. The molecule has 0 unspecified atom stereocenters. The zero-order valence-electron chi connectivity index (χ0n) is 7.37. The lowest BCUT2D eigenvalue weighted by Gasteiger charge is -2.03. The highest BCUT2D eigenvalue weighted by Crippen LogP contribution is 2.19. The number of aryl methyl sites for hydroxylation is 1. The average Bonchev–Trinajstić information content (AvgIpc) is 2.16. The van der Waals surface area contributed by atoms with Crippen LogP contribution >= 0.6 is 0 Å². The van der Waals surface area contributed by atoms with E-state index < -0.39 is 0 Å². The van der Waals surface area contributed by atoms with E-state index in [9.17, 15) is 0 Å². The number of hydrogen-bond donors (Lipinski definition) is 1. The summed E-state index contributed by atoms with van der Waals surface area (Å²) in [5.41, 5.74) is 5.88. The van der Waals surface area contributed by atoms with Crippen LogP contribution < -0.4 is 5.73 Å². The highest BCUT2D eigenvalue weighted by Gasteiger charge is 2.15. The van der Waals surface area contributed by atoms with Crippen LogP contribution in [0.2, 0.25) is 0 Å². The van der Waals surface area contributed by atoms with Gasteiger partial charge in [-0.1, -0.05) is 0 Å². The van der Waals surface area contributed by atoms with Crippen LogP contribution in [0.3, 0.4) is 0 Å². The largest absolute Gasteiger partial charge is 0.383 e. The molecule has 0 aliphatic heterocycles. The lowest BCUT2D eigenvalue weighted by Crippen LogP contribution is -2.03. The van der Waals surface area contributed by atoms with Crippen molar-refractivity contribution in [3.05, 3.63) is 22.4 Å². The van der Waals surface area contributed by atoms with Crippen LogP contribution in [0.5, 0.6) is 0 Å². The van der Waals surface area contributed by atoms with Gasteiger partial charge in [-0.15, -0.1) is 0 Å². The first-order valence-electron chi connectivity index (χ1n) is 3.66. The molecule has 0 bridgehead atoms. The van der Waals surface area contributed by atoms with Gasteiger partial charge < -0.3 is 5.73 Å². The zero-order chi connectivity index (χ0) is 10.7. The summed E-state index contributed by atoms with van der Waals surface area (Å²) in [6.45, 7) is 1.57. The molecule has 5 heteroatoms. The fourth-order valence-corrected chi connectivity index (χ4v) is 1.09. The maximum absolute atomic E-state index is 8.77. The predicted octanol–water partition coefficient (Wildman–Crippen LogP) is 0.587. The molecule has 5 nitrogen and oxygen atoms in total. The summed E-state index contributed by atoms with van der Waals surface area (Å²) in [6.07, 6.45) is 0. The second kappa shape index (κ2) is 3.43. The van der Waals surface area contributed by atoms with Crippen LogP contribution in [-0.2, 0) is 0 Å². The Morgan fingerprint density at radius 2 is 1.50 bits per heavy atom. The molecular formula is C9H5N5. The number of nitrogen functional groups attached to an aromatic ring is 1. The molecule has 0 radical (unpaired) electrons. The predicted molar refractivity (Wildman–Crippen MR) is 47.5 cm³/mol. The van der Waals surface area contributed by atoms with E-state index in [-0.39, 0.29) is 22.5 Å². The van der Waals surface area contributed by atoms with E-state index in [2.05, 4.69) is 4.98 Å². The molecule has 1 aromatic heterocycles. The Labute approximate surface area is 80.6 Å². The highest BCUT2D eigenvalue weighted by atomic mass is 14.8. The van der Waals surface area contributed by atoms with Crippen LogP contribution in [0.4, 0.5) is 5.82 Å². The van der Waals surface area contributed by atoms with Crippen molar-refractivity contribution in [2.45, 2.75) is 6.92 Å². The molecule has 1 rings (SSSR count). The Hall–Kier alpha value is -2.58. The first kappa shape index (κ1) is 9.51. The van der Waals surface area contributed by atoms with Crippen molar-refractivity contribution in [2.75, 3.05) is 5.73 Å². The Morgan fingerprint density at radius 3 is 1.93 bits per heavy atom. The van der Waals surface area contributed by atoms with Crippen molar-refractivity contribution in [2.24, 2.45) is 0 Å². The molecule has 0 spiro atoms. The van der Waals surface area contributed by atoms with E-state index in [0.717, 1.165) is 0 Å². The molecular weight excluding hydrogens is 178 g/mol. The number of hydrogen-bond acceptors (Lipinski definition) is 5. The maximum Gasteiger partial charge on any atom is 0.143 e. The molecule has 0 saturated heterocycles. The van der Waals surface area contributed by atoms with Crippen molar-refractivity contribution >= 4 is 5.82 Å². The monoisotopic (exact) mass is 183 g/mol. The van der Waals surface area contributed by atoms with Crippen LogP contribution in [0.15, 0.2) is 0 Å². The molecule has 0 atom stereocenters. The summed E-state index contributed by atoms with van der Waals surface area (Å²) in [6, 6.07) is 5.36. The van der Waals surface area contributed by atoms with E-state index >= 15 is 0 Å². The Kier molecular flexibility index (Phi) is 2.33. The van der Waals surface area contributed by atoms with E-state index in [1.165, 1.54) is 0 Å². The summed E-state index contributed by atoms with van der Waals surface area (Å²) in [5, 5.41) is 26.2. The summed E-state index contributed by atoms with van der Waals surface area (Å²) >= 11 is 0. The van der Waals surface area contributed by atoms with Crippen molar-refractivity contribution in [3.63, 3.8) is 0 Å². The van der Waals surface area contributed by atoms with Crippen LogP contribution in [0.1, 0.15) is 22.4 Å². The summed E-state index contributed by atoms with van der Waals surface area (Å²) in [7, 11) is 0. The Morgan fingerprint density at radius 1 is 1.00 bits per heavy atom. The fourth-order valence-electron chi connectivity index (χ4n) is 1.09. The van der Waals surface area contributed by atoms with Gasteiger partial charge in [0.1, 0.15) is 29.6 Å². The molecule has 1 aromatic rings. The lowest BCUT2D eigenvalue weighted by atomic mass is 10.0. The van der Waals surface area contributed by atoms with Gasteiger partial charge in [0, 0.05) is 0 Å². The SMILES string of the molecule is Cc1nc(N)c(C#N)c(C#N)c1C#N. The topological polar surface area (TPSA) is 110 Å². The van der Waals surface area contributed by atoms with Gasteiger partial charge in [0.25, 0.3) is 0 Å². The van der Waals surface area contributed by atoms with E-state index in [4.69, 9.17) is 21.5 Å². The normalized spacial score (nSPS) is 8.43. The van der Waals surface area contributed by atoms with E-state index in [1.807, 2.05) is 6.07 Å². The van der Waals surface area contributed by atoms with Gasteiger partial charge in [0.15, 0.2) is 0 Å². The minimum Gasteiger partial charge on any atom is -0.383 e. The first-order chi connectivity index (χ1) is 6.65. The molecule has 0 aromatic carbocycles. The quantitative estimate of drug-likeness (QED) is 0.632. The molecule has 0 aliphatic rings. The molecule has 2 N–H and O–H groups in total. The molecule has 0 saturated carbocycles. The van der Waals surface area contributed by atoms with Gasteiger partial charge in [-0.3, -0.25) is 0 Å². The van der Waals surface area contributed by atoms with E-state index in [1.54, 1.807) is 19.1 Å². The number of rotatable bonds is 0. The number of aromatic nitrogens is 1. The van der Waals surface area contributed by atoms with Crippen molar-refractivity contribution in [3.8, 4) is 18.2 Å². The van der Waals surface area contributed by atoms with Gasteiger partial charge in [0.05, 0.1) is 16.8 Å². The minimum atomic E-state index is -0.0327. The fraction of sp³-hybridized carbons (Fsp3) is 0.111. The van der Waals surface area contributed by atoms with Gasteiger partial charge in [-0.2, -0.15) is 15.8 Å². The van der Waals surface area contributed by atoms with Crippen molar-refractivity contribution in [1.29, 1.82) is 15.8 Å². The number of nitrogens with zero attached hydrogens (tertiary/aromatic N) is 4. The second-order valence-corrected chi connectivity index (χ2v) is 2.54. The summed E-state index contributed by atoms with van der Waals surface area (Å²) in [4.78, 5) is 3.81. The third kappa shape index (κ3) is 1.22. The van der Waals surface area contributed by atoms with Gasteiger partial charge in [-0.05, 0) is 6.92 Å². The average molecular weight is 183 g/mol. The number of pyridine rings is 1. The molecule has 14 heavy (non-hydrogen) atoms.